The molecule has 10 heteroatoms. The van der Waals surface area contributed by atoms with E-state index < -0.39 is 0 Å². The normalized spacial score (nSPS) is 11.2. The average molecular weight is 462 g/mol. The molecule has 186 valence electrons. The SMILES string of the molecule is Nc1ccccc1OCCOCCOCCOCCOCCOCCOCCOCCO. The summed E-state index contributed by atoms with van der Waals surface area (Å²) < 4.78 is 43.0. The third-order valence-corrected chi connectivity index (χ3v) is 3.87. The van der Waals surface area contributed by atoms with Gasteiger partial charge in [-0.15, -0.1) is 0 Å². The highest BCUT2D eigenvalue weighted by atomic mass is 16.6. The van der Waals surface area contributed by atoms with Crippen molar-refractivity contribution in [3.05, 3.63) is 24.3 Å². The summed E-state index contributed by atoms with van der Waals surface area (Å²) in [6.07, 6.45) is 0. The number of anilines is 1. The lowest BCUT2D eigenvalue weighted by Crippen LogP contribution is -2.15. The van der Waals surface area contributed by atoms with Gasteiger partial charge in [0.2, 0.25) is 0 Å². The Hall–Kier alpha value is -1.50. The summed E-state index contributed by atoms with van der Waals surface area (Å²) in [7, 11) is 0. The number of nitrogen functional groups attached to an aromatic ring is 1. The van der Waals surface area contributed by atoms with E-state index in [1.165, 1.54) is 0 Å². The lowest BCUT2D eigenvalue weighted by atomic mass is 10.3. The zero-order valence-electron chi connectivity index (χ0n) is 18.9. The van der Waals surface area contributed by atoms with E-state index in [9.17, 15) is 0 Å². The van der Waals surface area contributed by atoms with Gasteiger partial charge in [-0.05, 0) is 12.1 Å². The molecular formula is C22H39NO9. The van der Waals surface area contributed by atoms with Crippen molar-refractivity contribution in [1.29, 1.82) is 0 Å². The highest BCUT2D eigenvalue weighted by molar-refractivity contribution is 5.51. The molecule has 32 heavy (non-hydrogen) atoms. The Labute approximate surface area is 190 Å². The Kier molecular flexibility index (Phi) is 20.2. The van der Waals surface area contributed by atoms with Crippen LogP contribution in [0.1, 0.15) is 0 Å². The molecule has 0 bridgehead atoms. The molecule has 0 saturated heterocycles. The number of hydrogen-bond acceptors (Lipinski definition) is 10. The van der Waals surface area contributed by atoms with Crippen molar-refractivity contribution >= 4 is 5.69 Å². The van der Waals surface area contributed by atoms with E-state index >= 15 is 0 Å². The quantitative estimate of drug-likeness (QED) is 0.169. The Bertz CT molecular complexity index is 522. The summed E-state index contributed by atoms with van der Waals surface area (Å²) in [5.41, 5.74) is 6.41. The van der Waals surface area contributed by atoms with Gasteiger partial charge in [0, 0.05) is 0 Å². The summed E-state index contributed by atoms with van der Waals surface area (Å²) in [5, 5.41) is 8.54. The van der Waals surface area contributed by atoms with Crippen LogP contribution in [-0.2, 0) is 33.2 Å². The molecule has 0 aliphatic heterocycles. The second kappa shape index (κ2) is 22.7. The summed E-state index contributed by atoms with van der Waals surface area (Å²) in [6, 6.07) is 7.37. The lowest BCUT2D eigenvalue weighted by Gasteiger charge is -2.09. The van der Waals surface area contributed by atoms with Gasteiger partial charge in [-0.1, -0.05) is 12.1 Å². The number of aliphatic hydroxyl groups is 1. The van der Waals surface area contributed by atoms with E-state index in [1.807, 2.05) is 18.2 Å². The van der Waals surface area contributed by atoms with Gasteiger partial charge >= 0.3 is 0 Å². The predicted molar refractivity (Wildman–Crippen MR) is 119 cm³/mol. The van der Waals surface area contributed by atoms with Gasteiger partial charge in [-0.25, -0.2) is 0 Å². The van der Waals surface area contributed by atoms with Crippen LogP contribution in [-0.4, -0.2) is 111 Å². The second-order valence-electron chi connectivity index (χ2n) is 6.40. The Balaban J connectivity index is 1.68. The number of aliphatic hydroxyl groups excluding tert-OH is 1. The van der Waals surface area contributed by atoms with Gasteiger partial charge in [0.1, 0.15) is 12.4 Å². The van der Waals surface area contributed by atoms with Crippen molar-refractivity contribution in [3.8, 4) is 5.75 Å². The maximum atomic E-state index is 8.54. The Morgan fingerprint density at radius 3 is 1.22 bits per heavy atom. The monoisotopic (exact) mass is 461 g/mol. The van der Waals surface area contributed by atoms with Gasteiger partial charge in [0.25, 0.3) is 0 Å². The van der Waals surface area contributed by atoms with E-state index in [1.54, 1.807) is 6.07 Å². The first-order chi connectivity index (χ1) is 15.8. The number of nitrogens with two attached hydrogens (primary N) is 1. The first-order valence-electron chi connectivity index (χ1n) is 11.0. The molecule has 0 aromatic heterocycles. The van der Waals surface area contributed by atoms with Gasteiger partial charge in [0.15, 0.2) is 0 Å². The highest BCUT2D eigenvalue weighted by Crippen LogP contribution is 2.19. The molecule has 1 rings (SSSR count). The molecular weight excluding hydrogens is 422 g/mol. The molecule has 0 aliphatic rings. The fourth-order valence-corrected chi connectivity index (χ4v) is 2.31. The summed E-state index contributed by atoms with van der Waals surface area (Å²) in [5.74, 6) is 0.670. The minimum absolute atomic E-state index is 0.0289. The molecule has 0 atom stereocenters. The zero-order chi connectivity index (χ0) is 23.0. The van der Waals surface area contributed by atoms with Crippen LogP contribution in [0.5, 0.6) is 5.75 Å². The molecule has 0 fully saturated rings. The molecule has 0 unspecified atom stereocenters. The smallest absolute Gasteiger partial charge is 0.142 e. The molecule has 3 N–H and O–H groups in total. The predicted octanol–water partition coefficient (Wildman–Crippen LogP) is 0.756. The summed E-state index contributed by atoms with van der Waals surface area (Å²) in [6.45, 7) is 7.34. The molecule has 0 radical (unpaired) electrons. The third kappa shape index (κ3) is 18.1. The van der Waals surface area contributed by atoms with Crippen molar-refractivity contribution in [2.24, 2.45) is 0 Å². The number of ether oxygens (including phenoxy) is 8. The number of rotatable bonds is 24. The van der Waals surface area contributed by atoms with E-state index in [-0.39, 0.29) is 6.61 Å². The van der Waals surface area contributed by atoms with Crippen molar-refractivity contribution in [2.75, 3.05) is 111 Å². The number of para-hydroxylation sites is 2. The van der Waals surface area contributed by atoms with Crippen LogP contribution in [0.15, 0.2) is 24.3 Å². The molecule has 0 spiro atoms. The largest absolute Gasteiger partial charge is 0.489 e. The molecule has 1 aromatic rings. The van der Waals surface area contributed by atoms with Gasteiger partial charge in [-0.3, -0.25) is 0 Å². The van der Waals surface area contributed by atoms with Gasteiger partial charge in [-0.2, -0.15) is 0 Å². The highest BCUT2D eigenvalue weighted by Gasteiger charge is 1.98. The molecule has 0 heterocycles. The molecule has 0 saturated carbocycles. The summed E-state index contributed by atoms with van der Waals surface area (Å²) in [4.78, 5) is 0. The molecule has 10 nitrogen and oxygen atoms in total. The van der Waals surface area contributed by atoms with Gasteiger partial charge in [0.05, 0.1) is 105 Å². The minimum Gasteiger partial charge on any atom is -0.489 e. The topological polar surface area (TPSA) is 120 Å². The van der Waals surface area contributed by atoms with Crippen LogP contribution >= 0.6 is 0 Å². The van der Waals surface area contributed by atoms with Gasteiger partial charge < -0.3 is 48.7 Å². The fourth-order valence-electron chi connectivity index (χ4n) is 2.31. The third-order valence-electron chi connectivity index (χ3n) is 3.87. The Morgan fingerprint density at radius 2 is 0.844 bits per heavy atom. The van der Waals surface area contributed by atoms with Crippen molar-refractivity contribution in [1.82, 2.24) is 0 Å². The first kappa shape index (κ1) is 28.5. The maximum absolute atomic E-state index is 8.54. The first-order valence-corrected chi connectivity index (χ1v) is 11.0. The van der Waals surface area contributed by atoms with Crippen LogP contribution < -0.4 is 10.5 Å². The van der Waals surface area contributed by atoms with E-state index in [4.69, 9.17) is 48.7 Å². The van der Waals surface area contributed by atoms with E-state index in [0.29, 0.717) is 111 Å². The van der Waals surface area contributed by atoms with Crippen LogP contribution in [0, 0.1) is 0 Å². The minimum atomic E-state index is 0.0289. The molecule has 1 aromatic carbocycles. The van der Waals surface area contributed by atoms with Crippen molar-refractivity contribution in [3.63, 3.8) is 0 Å². The van der Waals surface area contributed by atoms with Crippen molar-refractivity contribution < 1.29 is 43.0 Å². The maximum Gasteiger partial charge on any atom is 0.142 e. The second-order valence-corrected chi connectivity index (χ2v) is 6.40. The molecule has 0 amide bonds. The van der Waals surface area contributed by atoms with E-state index in [2.05, 4.69) is 0 Å². The van der Waals surface area contributed by atoms with Crippen molar-refractivity contribution in [2.45, 2.75) is 0 Å². The van der Waals surface area contributed by atoms with Crippen LogP contribution in [0.2, 0.25) is 0 Å². The number of hydrogen-bond donors (Lipinski definition) is 2. The fraction of sp³-hybridized carbons (Fsp3) is 0.727. The van der Waals surface area contributed by atoms with Crippen LogP contribution in [0.4, 0.5) is 5.69 Å². The number of benzene rings is 1. The standard InChI is InChI=1S/C22H39NO9/c23-21-3-1-2-4-22(21)32-20-19-31-18-17-30-16-15-29-14-13-28-12-11-27-10-9-26-8-7-25-6-5-24/h1-4,24H,5-20,23H2. The van der Waals surface area contributed by atoms with E-state index in [0.717, 1.165) is 0 Å². The zero-order valence-corrected chi connectivity index (χ0v) is 18.9. The lowest BCUT2D eigenvalue weighted by molar-refractivity contribution is -0.0221. The van der Waals surface area contributed by atoms with Crippen LogP contribution in [0.25, 0.3) is 0 Å². The molecule has 0 aliphatic carbocycles. The Morgan fingerprint density at radius 1 is 0.500 bits per heavy atom. The summed E-state index contributed by atoms with van der Waals surface area (Å²) >= 11 is 0. The van der Waals surface area contributed by atoms with Crippen LogP contribution in [0.3, 0.4) is 0 Å². The average Bonchev–Trinajstić information content (AvgIpc) is 2.80.